The van der Waals surface area contributed by atoms with Gasteiger partial charge in [-0.15, -0.1) is 11.3 Å². The SMILES string of the molecule is COc1ccc(C(=O)CCC(=O)Nc2nc(-c3ccc(Cl)c(Cl)c3)c(C)s2)cc1. The van der Waals surface area contributed by atoms with Crippen LogP contribution in [0.15, 0.2) is 42.5 Å². The molecule has 0 aliphatic heterocycles. The molecule has 0 fully saturated rings. The lowest BCUT2D eigenvalue weighted by Crippen LogP contribution is -2.13. The molecule has 8 heteroatoms. The quantitative estimate of drug-likeness (QED) is 0.447. The van der Waals surface area contributed by atoms with Gasteiger partial charge in [0.25, 0.3) is 0 Å². The van der Waals surface area contributed by atoms with Gasteiger partial charge in [0.1, 0.15) is 5.75 Å². The van der Waals surface area contributed by atoms with Crippen molar-refractivity contribution in [3.05, 3.63) is 63.0 Å². The molecule has 3 rings (SSSR count). The third-order valence-corrected chi connectivity index (χ3v) is 5.85. The number of aromatic nitrogens is 1. The summed E-state index contributed by atoms with van der Waals surface area (Å²) in [6.45, 7) is 1.92. The third-order valence-electron chi connectivity index (χ3n) is 4.23. The minimum Gasteiger partial charge on any atom is -0.497 e. The molecular weight excluding hydrogens is 431 g/mol. The molecule has 0 aliphatic rings. The van der Waals surface area contributed by atoms with Crippen LogP contribution in [0.3, 0.4) is 0 Å². The number of nitrogens with one attached hydrogen (secondary N) is 1. The fourth-order valence-corrected chi connectivity index (χ4v) is 3.84. The average molecular weight is 449 g/mol. The second-order valence-corrected chi connectivity index (χ2v) is 8.27. The largest absolute Gasteiger partial charge is 0.497 e. The first-order valence-corrected chi connectivity index (χ1v) is 10.3. The number of benzene rings is 2. The molecule has 0 spiro atoms. The summed E-state index contributed by atoms with van der Waals surface area (Å²) in [6.07, 6.45) is 0.188. The zero-order chi connectivity index (χ0) is 21.0. The first kappa shape index (κ1) is 21.3. The number of carbonyl (C=O) groups is 2. The van der Waals surface area contributed by atoms with Gasteiger partial charge in [0.2, 0.25) is 5.91 Å². The molecule has 1 N–H and O–H groups in total. The summed E-state index contributed by atoms with van der Waals surface area (Å²) in [5.74, 6) is 0.312. The van der Waals surface area contributed by atoms with Gasteiger partial charge in [0.15, 0.2) is 10.9 Å². The summed E-state index contributed by atoms with van der Waals surface area (Å²) in [4.78, 5) is 29.9. The zero-order valence-corrected chi connectivity index (χ0v) is 18.1. The van der Waals surface area contributed by atoms with Gasteiger partial charge >= 0.3 is 0 Å². The molecule has 29 heavy (non-hydrogen) atoms. The van der Waals surface area contributed by atoms with E-state index in [2.05, 4.69) is 10.3 Å². The van der Waals surface area contributed by atoms with E-state index >= 15 is 0 Å². The molecule has 3 aromatic rings. The van der Waals surface area contributed by atoms with Gasteiger partial charge in [-0.2, -0.15) is 0 Å². The highest BCUT2D eigenvalue weighted by atomic mass is 35.5. The number of hydrogen-bond donors (Lipinski definition) is 1. The lowest BCUT2D eigenvalue weighted by molar-refractivity contribution is -0.116. The van der Waals surface area contributed by atoms with Gasteiger partial charge in [0.05, 0.1) is 22.8 Å². The number of halogens is 2. The summed E-state index contributed by atoms with van der Waals surface area (Å²) < 4.78 is 5.07. The van der Waals surface area contributed by atoms with Crippen LogP contribution in [0.5, 0.6) is 5.75 Å². The molecule has 2 aromatic carbocycles. The van der Waals surface area contributed by atoms with Crippen molar-refractivity contribution in [1.29, 1.82) is 0 Å². The molecule has 0 atom stereocenters. The number of hydrogen-bond acceptors (Lipinski definition) is 5. The molecule has 5 nitrogen and oxygen atoms in total. The monoisotopic (exact) mass is 448 g/mol. The number of amides is 1. The van der Waals surface area contributed by atoms with Crippen molar-refractivity contribution >= 4 is 51.4 Å². The highest BCUT2D eigenvalue weighted by Crippen LogP contribution is 2.33. The Balaban J connectivity index is 1.60. The van der Waals surface area contributed by atoms with Crippen molar-refractivity contribution in [3.8, 4) is 17.0 Å². The molecule has 0 bridgehead atoms. The summed E-state index contributed by atoms with van der Waals surface area (Å²) >= 11 is 13.4. The maximum absolute atomic E-state index is 12.2. The van der Waals surface area contributed by atoms with E-state index in [1.54, 1.807) is 43.5 Å². The zero-order valence-electron chi connectivity index (χ0n) is 15.8. The number of ketones is 1. The molecule has 0 radical (unpaired) electrons. The van der Waals surface area contributed by atoms with E-state index in [1.807, 2.05) is 13.0 Å². The first-order chi connectivity index (χ1) is 13.9. The summed E-state index contributed by atoms with van der Waals surface area (Å²) in [7, 11) is 1.56. The van der Waals surface area contributed by atoms with Crippen molar-refractivity contribution in [1.82, 2.24) is 4.98 Å². The highest BCUT2D eigenvalue weighted by molar-refractivity contribution is 7.16. The van der Waals surface area contributed by atoms with E-state index in [9.17, 15) is 9.59 Å². The lowest BCUT2D eigenvalue weighted by atomic mass is 10.1. The first-order valence-electron chi connectivity index (χ1n) is 8.77. The molecule has 0 saturated heterocycles. The molecule has 1 amide bonds. The third kappa shape index (κ3) is 5.35. The lowest BCUT2D eigenvalue weighted by Gasteiger charge is -2.04. The number of ether oxygens (including phenoxy) is 1. The van der Waals surface area contributed by atoms with Crippen LogP contribution in [0.1, 0.15) is 28.1 Å². The summed E-state index contributed by atoms with van der Waals surface area (Å²) in [5, 5.41) is 4.15. The van der Waals surface area contributed by atoms with Gasteiger partial charge in [0, 0.05) is 28.8 Å². The summed E-state index contributed by atoms with van der Waals surface area (Å²) in [5.41, 5.74) is 2.10. The van der Waals surface area contributed by atoms with Crippen LogP contribution in [0.2, 0.25) is 10.0 Å². The fraction of sp³-hybridized carbons (Fsp3) is 0.190. The maximum atomic E-state index is 12.2. The standard InChI is InChI=1S/C21H18Cl2N2O3S/c1-12-20(14-5-8-16(22)17(23)11-14)25-21(29-12)24-19(27)10-9-18(26)13-3-6-15(28-2)7-4-13/h3-8,11H,9-10H2,1-2H3,(H,24,25,27). The van der Waals surface area contributed by atoms with Crippen molar-refractivity contribution in [3.63, 3.8) is 0 Å². The Kier molecular flexibility index (Phi) is 6.90. The van der Waals surface area contributed by atoms with Gasteiger partial charge in [-0.1, -0.05) is 29.3 Å². The average Bonchev–Trinajstić information content (AvgIpc) is 3.08. The number of anilines is 1. The van der Waals surface area contributed by atoms with E-state index < -0.39 is 0 Å². The fourth-order valence-electron chi connectivity index (χ4n) is 2.69. The van der Waals surface area contributed by atoms with Gasteiger partial charge < -0.3 is 10.1 Å². The van der Waals surface area contributed by atoms with Crippen LogP contribution in [-0.2, 0) is 4.79 Å². The van der Waals surface area contributed by atoms with Crippen molar-refractivity contribution in [2.75, 3.05) is 12.4 Å². The Morgan fingerprint density at radius 1 is 1.07 bits per heavy atom. The number of rotatable bonds is 7. The van der Waals surface area contributed by atoms with Crippen molar-refractivity contribution in [2.24, 2.45) is 0 Å². The molecule has 0 unspecified atom stereocenters. The topological polar surface area (TPSA) is 68.3 Å². The predicted octanol–water partition coefficient (Wildman–Crippen LogP) is 6.04. The Labute approximate surface area is 182 Å². The van der Waals surface area contributed by atoms with Crippen LogP contribution in [0.25, 0.3) is 11.3 Å². The summed E-state index contributed by atoms with van der Waals surface area (Å²) in [6, 6.07) is 12.1. The maximum Gasteiger partial charge on any atom is 0.226 e. The van der Waals surface area contributed by atoms with Crippen LogP contribution in [0, 0.1) is 6.92 Å². The molecule has 0 aliphatic carbocycles. The number of methoxy groups -OCH3 is 1. The smallest absolute Gasteiger partial charge is 0.226 e. The number of nitrogens with zero attached hydrogens (tertiary/aromatic N) is 1. The Morgan fingerprint density at radius 2 is 1.79 bits per heavy atom. The van der Waals surface area contributed by atoms with Crippen LogP contribution in [0.4, 0.5) is 5.13 Å². The number of Topliss-reactive ketones (excluding diaryl/α,β-unsaturated/α-hetero) is 1. The van der Waals surface area contributed by atoms with Crippen molar-refractivity contribution < 1.29 is 14.3 Å². The van der Waals surface area contributed by atoms with Crippen LogP contribution in [-0.4, -0.2) is 23.8 Å². The van der Waals surface area contributed by atoms with E-state index in [0.29, 0.717) is 26.5 Å². The molecule has 150 valence electrons. The second-order valence-electron chi connectivity index (χ2n) is 6.25. The Morgan fingerprint density at radius 3 is 2.45 bits per heavy atom. The van der Waals surface area contributed by atoms with Gasteiger partial charge in [-0.3, -0.25) is 9.59 Å². The van der Waals surface area contributed by atoms with Crippen molar-refractivity contribution in [2.45, 2.75) is 19.8 Å². The number of carbonyl (C=O) groups excluding carboxylic acids is 2. The molecule has 1 aromatic heterocycles. The number of thiazole rings is 1. The minimum absolute atomic E-state index is 0.0750. The van der Waals surface area contributed by atoms with E-state index in [0.717, 1.165) is 16.1 Å². The van der Waals surface area contributed by atoms with E-state index in [4.69, 9.17) is 27.9 Å². The predicted molar refractivity (Wildman–Crippen MR) is 117 cm³/mol. The van der Waals surface area contributed by atoms with E-state index in [-0.39, 0.29) is 24.5 Å². The molecule has 1 heterocycles. The molecular formula is C21H18Cl2N2O3S. The van der Waals surface area contributed by atoms with Crippen LogP contribution >= 0.6 is 34.5 Å². The van der Waals surface area contributed by atoms with E-state index in [1.165, 1.54) is 11.3 Å². The number of aryl methyl sites for hydroxylation is 1. The molecule has 0 saturated carbocycles. The second kappa shape index (κ2) is 9.39. The Hall–Kier alpha value is -2.41. The minimum atomic E-state index is -0.263. The van der Waals surface area contributed by atoms with Gasteiger partial charge in [-0.25, -0.2) is 4.98 Å². The Bertz CT molecular complexity index is 1050. The van der Waals surface area contributed by atoms with Gasteiger partial charge in [-0.05, 0) is 43.3 Å². The highest BCUT2D eigenvalue weighted by Gasteiger charge is 2.15. The van der Waals surface area contributed by atoms with Crippen LogP contribution < -0.4 is 10.1 Å². The normalized spacial score (nSPS) is 10.6.